The Balaban J connectivity index is 2.31. The lowest BCUT2D eigenvalue weighted by Gasteiger charge is -2.25. The molecular formula is C16H17ClN2O3. The molecule has 2 aromatic rings. The largest absolute Gasteiger partial charge is 0.481 e. The fourth-order valence-corrected chi connectivity index (χ4v) is 2.33. The van der Waals surface area contributed by atoms with Gasteiger partial charge in [0.15, 0.2) is 0 Å². The van der Waals surface area contributed by atoms with Gasteiger partial charge in [-0.25, -0.2) is 4.98 Å². The maximum Gasteiger partial charge on any atom is 0.305 e. The Bertz CT molecular complexity index is 716. The number of hydrogen-bond donors (Lipinski definition) is 1. The molecule has 0 saturated carbocycles. The minimum absolute atomic E-state index is 0.0939. The van der Waals surface area contributed by atoms with Gasteiger partial charge in [-0.2, -0.15) is 0 Å². The van der Waals surface area contributed by atoms with Gasteiger partial charge in [0, 0.05) is 23.0 Å². The molecule has 0 fully saturated rings. The van der Waals surface area contributed by atoms with Gasteiger partial charge in [0.1, 0.15) is 5.69 Å². The first-order valence-corrected chi connectivity index (χ1v) is 7.35. The van der Waals surface area contributed by atoms with E-state index in [4.69, 9.17) is 16.7 Å². The van der Waals surface area contributed by atoms with Crippen molar-refractivity contribution < 1.29 is 14.7 Å². The van der Waals surface area contributed by atoms with Crippen LogP contribution in [0.4, 0.5) is 0 Å². The summed E-state index contributed by atoms with van der Waals surface area (Å²) in [7, 11) is 0. The maximum atomic E-state index is 12.6. The number of halogens is 1. The number of fused-ring (bicyclic) bond motifs is 1. The van der Waals surface area contributed by atoms with Crippen molar-refractivity contribution in [3.8, 4) is 0 Å². The van der Waals surface area contributed by atoms with Gasteiger partial charge in [-0.1, -0.05) is 23.7 Å². The number of carboxylic acid groups (broad SMARTS) is 1. The summed E-state index contributed by atoms with van der Waals surface area (Å²) in [5.74, 6) is -1.21. The number of benzene rings is 1. The summed E-state index contributed by atoms with van der Waals surface area (Å²) in [5, 5.41) is 10.2. The van der Waals surface area contributed by atoms with E-state index < -0.39 is 5.97 Å². The van der Waals surface area contributed by atoms with E-state index in [9.17, 15) is 9.59 Å². The van der Waals surface area contributed by atoms with Crippen molar-refractivity contribution in [3.63, 3.8) is 0 Å². The molecule has 1 aromatic heterocycles. The Hall–Kier alpha value is -2.14. The second-order valence-electron chi connectivity index (χ2n) is 5.27. The van der Waals surface area contributed by atoms with Crippen LogP contribution in [0.3, 0.4) is 0 Å². The topological polar surface area (TPSA) is 70.5 Å². The first kappa shape index (κ1) is 16.2. The highest BCUT2D eigenvalue weighted by Crippen LogP contribution is 2.19. The number of nitrogens with zero attached hydrogens (tertiary/aromatic N) is 2. The van der Waals surface area contributed by atoms with Gasteiger partial charge in [0.2, 0.25) is 0 Å². The van der Waals surface area contributed by atoms with Crippen LogP contribution in [-0.4, -0.2) is 39.5 Å². The standard InChI is InChI=1S/C16H17ClN2O3/c1-10(2)19(8-7-15(20)21)16(22)13-6-4-11-3-5-12(17)9-14(11)18-13/h3-6,9-10H,7-8H2,1-2H3,(H,20,21). The lowest BCUT2D eigenvalue weighted by Crippen LogP contribution is -2.38. The molecule has 5 nitrogen and oxygen atoms in total. The Morgan fingerprint density at radius 3 is 2.59 bits per heavy atom. The van der Waals surface area contributed by atoms with E-state index in [1.165, 1.54) is 4.90 Å². The van der Waals surface area contributed by atoms with E-state index in [0.29, 0.717) is 10.5 Å². The highest BCUT2D eigenvalue weighted by atomic mass is 35.5. The van der Waals surface area contributed by atoms with Gasteiger partial charge in [-0.15, -0.1) is 0 Å². The van der Waals surface area contributed by atoms with Crippen LogP contribution in [0.25, 0.3) is 10.9 Å². The Morgan fingerprint density at radius 1 is 1.27 bits per heavy atom. The van der Waals surface area contributed by atoms with E-state index in [1.54, 1.807) is 18.2 Å². The quantitative estimate of drug-likeness (QED) is 0.918. The molecule has 0 spiro atoms. The van der Waals surface area contributed by atoms with Gasteiger partial charge in [0.05, 0.1) is 11.9 Å². The third-order valence-corrected chi connectivity index (χ3v) is 3.56. The second kappa shape index (κ2) is 6.75. The van der Waals surface area contributed by atoms with E-state index >= 15 is 0 Å². The minimum atomic E-state index is -0.934. The van der Waals surface area contributed by atoms with Gasteiger partial charge in [-0.05, 0) is 32.0 Å². The van der Waals surface area contributed by atoms with Crippen molar-refractivity contribution in [2.45, 2.75) is 26.3 Å². The zero-order valence-electron chi connectivity index (χ0n) is 12.4. The number of amides is 1. The van der Waals surface area contributed by atoms with Gasteiger partial charge in [0.25, 0.3) is 5.91 Å². The lowest BCUT2D eigenvalue weighted by atomic mass is 10.2. The number of carbonyl (C=O) groups excluding carboxylic acids is 1. The van der Waals surface area contributed by atoms with Gasteiger partial charge >= 0.3 is 5.97 Å². The normalized spacial score (nSPS) is 10.9. The number of pyridine rings is 1. The summed E-state index contributed by atoms with van der Waals surface area (Å²) in [5.41, 5.74) is 0.925. The zero-order chi connectivity index (χ0) is 16.3. The molecule has 0 aliphatic heterocycles. The summed E-state index contributed by atoms with van der Waals surface area (Å²) in [6.45, 7) is 3.84. The van der Waals surface area contributed by atoms with E-state index in [-0.39, 0.29) is 30.6 Å². The smallest absolute Gasteiger partial charge is 0.305 e. The molecule has 0 bridgehead atoms. The summed E-state index contributed by atoms with van der Waals surface area (Å²) < 4.78 is 0. The van der Waals surface area contributed by atoms with E-state index in [0.717, 1.165) is 5.39 Å². The molecule has 6 heteroatoms. The van der Waals surface area contributed by atoms with Crippen LogP contribution in [0.1, 0.15) is 30.8 Å². The highest BCUT2D eigenvalue weighted by Gasteiger charge is 2.20. The molecule has 116 valence electrons. The number of aromatic nitrogens is 1. The molecule has 1 aromatic carbocycles. The molecular weight excluding hydrogens is 304 g/mol. The summed E-state index contributed by atoms with van der Waals surface area (Å²) in [6, 6.07) is 8.65. The summed E-state index contributed by atoms with van der Waals surface area (Å²) in [4.78, 5) is 29.1. The lowest BCUT2D eigenvalue weighted by molar-refractivity contribution is -0.137. The molecule has 1 N–H and O–H groups in total. The molecule has 1 amide bonds. The molecule has 0 radical (unpaired) electrons. The predicted molar refractivity (Wildman–Crippen MR) is 85.2 cm³/mol. The molecule has 22 heavy (non-hydrogen) atoms. The average Bonchev–Trinajstić information content (AvgIpc) is 2.45. The van der Waals surface area contributed by atoms with Crippen LogP contribution in [0.15, 0.2) is 30.3 Å². The van der Waals surface area contributed by atoms with E-state index in [1.807, 2.05) is 26.0 Å². The third kappa shape index (κ3) is 3.74. The number of aliphatic carboxylic acids is 1. The molecule has 0 aliphatic rings. The van der Waals surface area contributed by atoms with Crippen LogP contribution in [0.2, 0.25) is 5.02 Å². The van der Waals surface area contributed by atoms with Crippen molar-refractivity contribution in [1.29, 1.82) is 0 Å². The van der Waals surface area contributed by atoms with Crippen molar-refractivity contribution in [1.82, 2.24) is 9.88 Å². The molecule has 0 aliphatic carbocycles. The van der Waals surface area contributed by atoms with Crippen molar-refractivity contribution in [2.75, 3.05) is 6.54 Å². The number of rotatable bonds is 5. The van der Waals surface area contributed by atoms with Crippen LogP contribution >= 0.6 is 11.6 Å². The number of carboxylic acids is 1. The average molecular weight is 321 g/mol. The number of hydrogen-bond acceptors (Lipinski definition) is 3. The molecule has 0 unspecified atom stereocenters. The summed E-state index contributed by atoms with van der Waals surface area (Å²) >= 11 is 5.95. The van der Waals surface area contributed by atoms with Gasteiger partial charge < -0.3 is 10.0 Å². The first-order valence-electron chi connectivity index (χ1n) is 6.97. The SMILES string of the molecule is CC(C)N(CCC(=O)O)C(=O)c1ccc2ccc(Cl)cc2n1. The van der Waals surface area contributed by atoms with Crippen molar-refractivity contribution in [2.24, 2.45) is 0 Å². The predicted octanol–water partition coefficient (Wildman–Crippen LogP) is 3.21. The second-order valence-corrected chi connectivity index (χ2v) is 5.71. The molecule has 0 atom stereocenters. The van der Waals surface area contributed by atoms with Gasteiger partial charge in [-0.3, -0.25) is 9.59 Å². The molecule has 0 saturated heterocycles. The maximum absolute atomic E-state index is 12.6. The van der Waals surface area contributed by atoms with Crippen molar-refractivity contribution in [3.05, 3.63) is 41.0 Å². The highest BCUT2D eigenvalue weighted by molar-refractivity contribution is 6.31. The fourth-order valence-electron chi connectivity index (χ4n) is 2.17. The first-order chi connectivity index (χ1) is 10.4. The Morgan fingerprint density at radius 2 is 1.95 bits per heavy atom. The van der Waals surface area contributed by atoms with Crippen molar-refractivity contribution >= 4 is 34.4 Å². The Kier molecular flexibility index (Phi) is 4.98. The molecule has 2 rings (SSSR count). The van der Waals surface area contributed by atoms with Crippen LogP contribution in [-0.2, 0) is 4.79 Å². The summed E-state index contributed by atoms with van der Waals surface area (Å²) in [6.07, 6.45) is -0.0939. The number of carbonyl (C=O) groups is 2. The minimum Gasteiger partial charge on any atom is -0.481 e. The van der Waals surface area contributed by atoms with Crippen LogP contribution in [0, 0.1) is 0 Å². The molecule has 1 heterocycles. The van der Waals surface area contributed by atoms with E-state index in [2.05, 4.69) is 4.98 Å². The monoisotopic (exact) mass is 320 g/mol. The zero-order valence-corrected chi connectivity index (χ0v) is 13.2. The Labute approximate surface area is 133 Å². The third-order valence-electron chi connectivity index (χ3n) is 3.32. The van der Waals surface area contributed by atoms with Crippen LogP contribution in [0.5, 0.6) is 0 Å². The van der Waals surface area contributed by atoms with Crippen LogP contribution < -0.4 is 0 Å². The fraction of sp³-hybridized carbons (Fsp3) is 0.312.